The van der Waals surface area contributed by atoms with Crippen molar-refractivity contribution in [2.24, 2.45) is 5.92 Å². The van der Waals surface area contributed by atoms with Gasteiger partial charge in [-0.1, -0.05) is 39.5 Å². The van der Waals surface area contributed by atoms with Gasteiger partial charge < -0.3 is 5.32 Å². The zero-order valence-corrected chi connectivity index (χ0v) is 9.03. The highest BCUT2D eigenvalue weighted by Crippen LogP contribution is 2.17. The maximum atomic E-state index is 3.20. The highest BCUT2D eigenvalue weighted by Gasteiger charge is 2.04. The van der Waals surface area contributed by atoms with Crippen LogP contribution in [0.5, 0.6) is 0 Å². The fourth-order valence-corrected chi connectivity index (χ4v) is 1.61. The SMILES string of the molecule is CCCC[C@@H](CC)CCCNC. The lowest BCUT2D eigenvalue weighted by molar-refractivity contribution is 0.407. The summed E-state index contributed by atoms with van der Waals surface area (Å²) >= 11 is 0. The molecule has 0 aliphatic heterocycles. The molecule has 0 saturated heterocycles. The van der Waals surface area contributed by atoms with E-state index in [1.165, 1.54) is 45.1 Å². The van der Waals surface area contributed by atoms with Crippen LogP contribution >= 0.6 is 0 Å². The summed E-state index contributed by atoms with van der Waals surface area (Å²) in [4.78, 5) is 0. The third kappa shape index (κ3) is 6.66. The molecule has 0 aromatic carbocycles. The van der Waals surface area contributed by atoms with Crippen molar-refractivity contribution in [1.29, 1.82) is 0 Å². The first kappa shape index (κ1) is 12.0. The van der Waals surface area contributed by atoms with E-state index in [2.05, 4.69) is 19.2 Å². The van der Waals surface area contributed by atoms with E-state index in [4.69, 9.17) is 0 Å². The summed E-state index contributed by atoms with van der Waals surface area (Å²) in [5.74, 6) is 0.985. The second kappa shape index (κ2) is 9.05. The van der Waals surface area contributed by atoms with Crippen LogP contribution in [0.4, 0.5) is 0 Å². The molecule has 74 valence electrons. The van der Waals surface area contributed by atoms with Crippen LogP contribution < -0.4 is 5.32 Å². The highest BCUT2D eigenvalue weighted by molar-refractivity contribution is 4.58. The minimum atomic E-state index is 0.985. The Labute approximate surface area is 77.9 Å². The molecule has 0 aromatic rings. The maximum absolute atomic E-state index is 3.20. The summed E-state index contributed by atoms with van der Waals surface area (Å²) in [5, 5.41) is 3.20. The molecule has 0 saturated carbocycles. The molecule has 0 rings (SSSR count). The van der Waals surface area contributed by atoms with Gasteiger partial charge >= 0.3 is 0 Å². The Morgan fingerprint density at radius 3 is 2.25 bits per heavy atom. The molecule has 0 bridgehead atoms. The van der Waals surface area contributed by atoms with Crippen molar-refractivity contribution in [2.75, 3.05) is 13.6 Å². The van der Waals surface area contributed by atoms with Gasteiger partial charge in [-0.05, 0) is 32.4 Å². The van der Waals surface area contributed by atoms with E-state index < -0.39 is 0 Å². The topological polar surface area (TPSA) is 12.0 Å². The molecular formula is C11H25N. The van der Waals surface area contributed by atoms with Gasteiger partial charge in [-0.25, -0.2) is 0 Å². The molecule has 0 heterocycles. The lowest BCUT2D eigenvalue weighted by Crippen LogP contribution is -2.09. The van der Waals surface area contributed by atoms with Gasteiger partial charge in [0.15, 0.2) is 0 Å². The number of nitrogens with one attached hydrogen (secondary N) is 1. The Balaban J connectivity index is 3.26. The fraction of sp³-hybridized carbons (Fsp3) is 1.00. The van der Waals surface area contributed by atoms with Crippen LogP contribution in [0, 0.1) is 5.92 Å². The van der Waals surface area contributed by atoms with Crippen molar-refractivity contribution < 1.29 is 0 Å². The number of hydrogen-bond acceptors (Lipinski definition) is 1. The molecule has 0 aromatic heterocycles. The van der Waals surface area contributed by atoms with Crippen LogP contribution in [0.3, 0.4) is 0 Å². The van der Waals surface area contributed by atoms with E-state index in [1.807, 2.05) is 7.05 Å². The molecule has 1 nitrogen and oxygen atoms in total. The van der Waals surface area contributed by atoms with Crippen molar-refractivity contribution in [1.82, 2.24) is 5.32 Å². The lowest BCUT2D eigenvalue weighted by atomic mass is 9.94. The maximum Gasteiger partial charge on any atom is -0.00518 e. The fourth-order valence-electron chi connectivity index (χ4n) is 1.61. The largest absolute Gasteiger partial charge is 0.320 e. The van der Waals surface area contributed by atoms with Gasteiger partial charge in [-0.3, -0.25) is 0 Å². The third-order valence-corrected chi connectivity index (χ3v) is 2.58. The third-order valence-electron chi connectivity index (χ3n) is 2.58. The summed E-state index contributed by atoms with van der Waals surface area (Å²) in [6.07, 6.45) is 8.33. The Bertz CT molecular complexity index is 81.1. The first-order valence-corrected chi connectivity index (χ1v) is 5.49. The van der Waals surface area contributed by atoms with Crippen molar-refractivity contribution in [3.8, 4) is 0 Å². The Morgan fingerprint density at radius 2 is 1.75 bits per heavy atom. The van der Waals surface area contributed by atoms with Crippen molar-refractivity contribution in [3.63, 3.8) is 0 Å². The second-order valence-electron chi connectivity index (χ2n) is 3.66. The van der Waals surface area contributed by atoms with E-state index in [-0.39, 0.29) is 0 Å². The summed E-state index contributed by atoms with van der Waals surface area (Å²) in [5.41, 5.74) is 0. The van der Waals surface area contributed by atoms with Gasteiger partial charge in [0.1, 0.15) is 0 Å². The first-order chi connectivity index (χ1) is 5.85. The smallest absolute Gasteiger partial charge is 0.00518 e. The molecule has 0 amide bonds. The predicted molar refractivity (Wildman–Crippen MR) is 56.5 cm³/mol. The molecule has 0 radical (unpaired) electrons. The number of rotatable bonds is 8. The molecule has 0 spiro atoms. The van der Waals surface area contributed by atoms with E-state index in [9.17, 15) is 0 Å². The van der Waals surface area contributed by atoms with Gasteiger partial charge in [0.05, 0.1) is 0 Å². The average Bonchev–Trinajstić information content (AvgIpc) is 2.11. The van der Waals surface area contributed by atoms with Crippen LogP contribution in [0.25, 0.3) is 0 Å². The zero-order valence-electron chi connectivity index (χ0n) is 9.03. The van der Waals surface area contributed by atoms with Gasteiger partial charge in [0, 0.05) is 0 Å². The summed E-state index contributed by atoms with van der Waals surface area (Å²) in [6.45, 7) is 5.78. The summed E-state index contributed by atoms with van der Waals surface area (Å²) < 4.78 is 0. The van der Waals surface area contributed by atoms with Crippen molar-refractivity contribution in [3.05, 3.63) is 0 Å². The Kier molecular flexibility index (Phi) is 9.02. The molecule has 0 aliphatic rings. The van der Waals surface area contributed by atoms with Crippen LogP contribution in [0.1, 0.15) is 52.4 Å². The lowest BCUT2D eigenvalue weighted by Gasteiger charge is -2.13. The van der Waals surface area contributed by atoms with Crippen molar-refractivity contribution >= 4 is 0 Å². The average molecular weight is 171 g/mol. The highest BCUT2D eigenvalue weighted by atomic mass is 14.8. The minimum absolute atomic E-state index is 0.985. The van der Waals surface area contributed by atoms with Gasteiger partial charge in [0.2, 0.25) is 0 Å². The summed E-state index contributed by atoms with van der Waals surface area (Å²) in [7, 11) is 2.03. The number of hydrogen-bond donors (Lipinski definition) is 1. The first-order valence-electron chi connectivity index (χ1n) is 5.49. The van der Waals surface area contributed by atoms with E-state index in [0.29, 0.717) is 0 Å². The molecule has 1 atom stereocenters. The monoisotopic (exact) mass is 171 g/mol. The molecule has 1 heteroatoms. The standard InChI is InChI=1S/C11H25N/c1-4-6-8-11(5-2)9-7-10-12-3/h11-12H,4-10H2,1-3H3/t11-/m1/s1. The molecule has 0 fully saturated rings. The van der Waals surface area contributed by atoms with Crippen molar-refractivity contribution in [2.45, 2.75) is 52.4 Å². The van der Waals surface area contributed by atoms with Crippen LogP contribution in [0.2, 0.25) is 0 Å². The Hall–Kier alpha value is -0.0400. The van der Waals surface area contributed by atoms with Gasteiger partial charge in [0.25, 0.3) is 0 Å². The van der Waals surface area contributed by atoms with E-state index in [1.54, 1.807) is 0 Å². The minimum Gasteiger partial charge on any atom is -0.320 e. The van der Waals surface area contributed by atoms with Crippen LogP contribution in [-0.4, -0.2) is 13.6 Å². The second-order valence-corrected chi connectivity index (χ2v) is 3.66. The Morgan fingerprint density at radius 1 is 1.08 bits per heavy atom. The predicted octanol–water partition coefficient (Wildman–Crippen LogP) is 3.20. The van der Waals surface area contributed by atoms with Gasteiger partial charge in [-0.15, -0.1) is 0 Å². The zero-order chi connectivity index (χ0) is 9.23. The van der Waals surface area contributed by atoms with E-state index in [0.717, 1.165) is 5.92 Å². The molecule has 0 aliphatic carbocycles. The quantitative estimate of drug-likeness (QED) is 0.553. The molecular weight excluding hydrogens is 146 g/mol. The molecule has 12 heavy (non-hydrogen) atoms. The molecule has 1 N–H and O–H groups in total. The number of unbranched alkanes of at least 4 members (excludes halogenated alkanes) is 1. The van der Waals surface area contributed by atoms with Crippen LogP contribution in [-0.2, 0) is 0 Å². The molecule has 0 unspecified atom stereocenters. The van der Waals surface area contributed by atoms with Gasteiger partial charge in [-0.2, -0.15) is 0 Å². The van der Waals surface area contributed by atoms with E-state index >= 15 is 0 Å². The normalized spacial score (nSPS) is 13.2. The summed E-state index contributed by atoms with van der Waals surface area (Å²) in [6, 6.07) is 0. The van der Waals surface area contributed by atoms with Crippen LogP contribution in [0.15, 0.2) is 0 Å².